The third kappa shape index (κ3) is 4.45. The molecular weight excluding hydrogens is 389 g/mol. The molecule has 0 unspecified atom stereocenters. The van der Waals surface area contributed by atoms with E-state index in [2.05, 4.69) is 9.89 Å². The van der Waals surface area contributed by atoms with E-state index in [4.69, 9.17) is 4.74 Å². The van der Waals surface area contributed by atoms with Crippen LogP contribution in [0.15, 0.2) is 58.4 Å². The van der Waals surface area contributed by atoms with Gasteiger partial charge in [-0.15, -0.1) is 0 Å². The maximum atomic E-state index is 14.0. The van der Waals surface area contributed by atoms with Crippen LogP contribution in [0.1, 0.15) is 12.5 Å². The van der Waals surface area contributed by atoms with Crippen LogP contribution in [-0.2, 0) is 4.79 Å². The van der Waals surface area contributed by atoms with Gasteiger partial charge in [0.2, 0.25) is 0 Å². The van der Waals surface area contributed by atoms with Crippen molar-refractivity contribution in [3.63, 3.8) is 0 Å². The quantitative estimate of drug-likeness (QED) is 0.711. The van der Waals surface area contributed by atoms with Gasteiger partial charge in [0.05, 0.1) is 17.2 Å². The summed E-state index contributed by atoms with van der Waals surface area (Å²) in [5.74, 6) is 0.393. The normalized spacial score (nSPS) is 18.3. The number of nitrogens with zero attached hydrogens (tertiary/aromatic N) is 3. The third-order valence-electron chi connectivity index (χ3n) is 4.84. The standard InChI is InChI=1S/C22H22FN3O2S/c1-2-28-17-9-7-16(8-10-17)15-20-21(27)24-22(29-20)26-13-11-25(12-14-26)19-6-4-3-5-18(19)23/h3-10,15H,2,11-14H2,1H3. The molecule has 2 aromatic carbocycles. The second-order valence-corrected chi connectivity index (χ2v) is 7.75. The zero-order valence-corrected chi connectivity index (χ0v) is 17.0. The Labute approximate surface area is 173 Å². The fourth-order valence-corrected chi connectivity index (χ4v) is 4.32. The number of para-hydroxylation sites is 1. The number of ether oxygens (including phenoxy) is 1. The number of hydrogen-bond donors (Lipinski definition) is 0. The summed E-state index contributed by atoms with van der Waals surface area (Å²) < 4.78 is 19.5. The van der Waals surface area contributed by atoms with Gasteiger partial charge in [-0.1, -0.05) is 24.3 Å². The van der Waals surface area contributed by atoms with Gasteiger partial charge >= 0.3 is 0 Å². The fraction of sp³-hybridized carbons (Fsp3) is 0.273. The van der Waals surface area contributed by atoms with Crippen molar-refractivity contribution in [3.05, 3.63) is 64.8 Å². The van der Waals surface area contributed by atoms with Gasteiger partial charge < -0.3 is 14.5 Å². The van der Waals surface area contributed by atoms with E-state index in [1.54, 1.807) is 12.1 Å². The highest BCUT2D eigenvalue weighted by Gasteiger charge is 2.29. The summed E-state index contributed by atoms with van der Waals surface area (Å²) in [6, 6.07) is 14.5. The van der Waals surface area contributed by atoms with Gasteiger partial charge in [0.15, 0.2) is 5.17 Å². The Balaban J connectivity index is 1.38. The van der Waals surface area contributed by atoms with Gasteiger partial charge in [-0.2, -0.15) is 4.99 Å². The topological polar surface area (TPSA) is 45.1 Å². The van der Waals surface area contributed by atoms with E-state index in [0.717, 1.165) is 16.5 Å². The molecule has 2 aromatic rings. The summed E-state index contributed by atoms with van der Waals surface area (Å²) in [5, 5.41) is 0.723. The third-order valence-corrected chi connectivity index (χ3v) is 5.89. The predicted molar refractivity (Wildman–Crippen MR) is 116 cm³/mol. The van der Waals surface area contributed by atoms with E-state index in [0.29, 0.717) is 43.4 Å². The molecule has 1 amide bonds. The summed E-state index contributed by atoms with van der Waals surface area (Å²) in [7, 11) is 0. The lowest BCUT2D eigenvalue weighted by Crippen LogP contribution is -2.48. The summed E-state index contributed by atoms with van der Waals surface area (Å²) in [4.78, 5) is 21.3. The fourth-order valence-electron chi connectivity index (χ4n) is 3.36. The van der Waals surface area contributed by atoms with Crippen LogP contribution in [-0.4, -0.2) is 48.8 Å². The first-order valence-electron chi connectivity index (χ1n) is 9.64. The average Bonchev–Trinajstić information content (AvgIpc) is 3.10. The number of benzene rings is 2. The molecule has 150 valence electrons. The number of amides is 1. The van der Waals surface area contributed by atoms with Gasteiger partial charge in [-0.25, -0.2) is 4.39 Å². The average molecular weight is 412 g/mol. The van der Waals surface area contributed by atoms with Gasteiger partial charge in [0, 0.05) is 26.2 Å². The minimum atomic E-state index is -0.213. The maximum Gasteiger partial charge on any atom is 0.286 e. The van der Waals surface area contributed by atoms with E-state index in [-0.39, 0.29) is 11.7 Å². The number of aliphatic imine (C=N–C) groups is 1. The minimum absolute atomic E-state index is 0.204. The Morgan fingerprint density at radius 1 is 1.07 bits per heavy atom. The highest BCUT2D eigenvalue weighted by molar-refractivity contribution is 8.18. The van der Waals surface area contributed by atoms with Crippen molar-refractivity contribution in [2.75, 3.05) is 37.7 Å². The first-order valence-corrected chi connectivity index (χ1v) is 10.5. The number of thioether (sulfide) groups is 1. The van der Waals surface area contributed by atoms with Crippen LogP contribution in [0.2, 0.25) is 0 Å². The van der Waals surface area contributed by atoms with Crippen molar-refractivity contribution in [2.24, 2.45) is 4.99 Å². The SMILES string of the molecule is CCOc1ccc(C=C2SC(N3CCN(c4ccccc4F)CC3)=NC2=O)cc1. The second-order valence-electron chi connectivity index (χ2n) is 6.74. The Morgan fingerprint density at radius 3 is 2.45 bits per heavy atom. The van der Waals surface area contributed by atoms with Crippen LogP contribution in [0.3, 0.4) is 0 Å². The van der Waals surface area contributed by atoms with Gasteiger partial charge in [-0.3, -0.25) is 4.79 Å². The summed E-state index contributed by atoms with van der Waals surface area (Å²) in [6.45, 7) is 5.34. The number of amidine groups is 1. The summed E-state index contributed by atoms with van der Waals surface area (Å²) in [5.41, 5.74) is 1.56. The Morgan fingerprint density at radius 2 is 1.76 bits per heavy atom. The van der Waals surface area contributed by atoms with E-state index < -0.39 is 0 Å². The molecule has 0 radical (unpaired) electrons. The number of rotatable bonds is 4. The minimum Gasteiger partial charge on any atom is -0.494 e. The van der Waals surface area contributed by atoms with Crippen LogP contribution >= 0.6 is 11.8 Å². The molecule has 0 aromatic heterocycles. The van der Waals surface area contributed by atoms with Crippen molar-refractivity contribution in [3.8, 4) is 5.75 Å². The van der Waals surface area contributed by atoms with Crippen molar-refractivity contribution in [1.82, 2.24) is 4.90 Å². The molecule has 0 spiro atoms. The van der Waals surface area contributed by atoms with Crippen molar-refractivity contribution < 1.29 is 13.9 Å². The van der Waals surface area contributed by atoms with Crippen molar-refractivity contribution in [2.45, 2.75) is 6.92 Å². The molecular formula is C22H22FN3O2S. The molecule has 5 nitrogen and oxygen atoms in total. The molecule has 0 N–H and O–H groups in total. The van der Waals surface area contributed by atoms with Crippen LogP contribution in [0.25, 0.3) is 6.08 Å². The molecule has 2 heterocycles. The number of hydrogen-bond acceptors (Lipinski definition) is 5. The van der Waals surface area contributed by atoms with Crippen molar-refractivity contribution >= 4 is 34.6 Å². The lowest BCUT2D eigenvalue weighted by molar-refractivity contribution is -0.113. The maximum absolute atomic E-state index is 14.0. The Bertz CT molecular complexity index is 951. The van der Waals surface area contributed by atoms with E-state index in [1.807, 2.05) is 48.2 Å². The zero-order valence-electron chi connectivity index (χ0n) is 16.2. The van der Waals surface area contributed by atoms with E-state index in [9.17, 15) is 9.18 Å². The molecule has 1 saturated heterocycles. The number of halogens is 1. The Kier molecular flexibility index (Phi) is 5.85. The van der Waals surface area contributed by atoms with E-state index in [1.165, 1.54) is 17.8 Å². The Hall–Kier alpha value is -2.80. The molecule has 4 rings (SSSR count). The molecule has 0 atom stereocenters. The monoisotopic (exact) mass is 411 g/mol. The second kappa shape index (κ2) is 8.69. The molecule has 2 aliphatic heterocycles. The lowest BCUT2D eigenvalue weighted by Gasteiger charge is -2.36. The number of carbonyl (C=O) groups excluding carboxylic acids is 1. The largest absolute Gasteiger partial charge is 0.494 e. The van der Waals surface area contributed by atoms with Gasteiger partial charge in [-0.05, 0) is 54.6 Å². The van der Waals surface area contributed by atoms with Crippen LogP contribution in [0.5, 0.6) is 5.75 Å². The van der Waals surface area contributed by atoms with Crippen LogP contribution in [0, 0.1) is 5.82 Å². The number of carbonyl (C=O) groups is 1. The van der Waals surface area contributed by atoms with Crippen LogP contribution < -0.4 is 9.64 Å². The number of piperazine rings is 1. The first kappa shape index (κ1) is 19.5. The molecule has 29 heavy (non-hydrogen) atoms. The van der Waals surface area contributed by atoms with E-state index >= 15 is 0 Å². The zero-order chi connectivity index (χ0) is 20.2. The molecule has 0 saturated carbocycles. The van der Waals surface area contributed by atoms with Gasteiger partial charge in [0.1, 0.15) is 11.6 Å². The predicted octanol–water partition coefficient (Wildman–Crippen LogP) is 4.02. The highest BCUT2D eigenvalue weighted by Crippen LogP contribution is 2.31. The lowest BCUT2D eigenvalue weighted by atomic mass is 10.2. The van der Waals surface area contributed by atoms with Crippen molar-refractivity contribution in [1.29, 1.82) is 0 Å². The van der Waals surface area contributed by atoms with Gasteiger partial charge in [0.25, 0.3) is 5.91 Å². The molecule has 2 aliphatic rings. The van der Waals surface area contributed by atoms with Crippen LogP contribution in [0.4, 0.5) is 10.1 Å². The molecule has 7 heteroatoms. The summed E-state index contributed by atoms with van der Waals surface area (Å²) >= 11 is 1.40. The smallest absolute Gasteiger partial charge is 0.286 e. The first-order chi connectivity index (χ1) is 14.1. The number of anilines is 1. The highest BCUT2D eigenvalue weighted by atomic mass is 32.2. The molecule has 0 aliphatic carbocycles. The molecule has 1 fully saturated rings. The summed E-state index contributed by atoms with van der Waals surface area (Å²) in [6.07, 6.45) is 1.86. The molecule has 0 bridgehead atoms.